The van der Waals surface area contributed by atoms with Gasteiger partial charge in [0, 0.05) is 25.0 Å². The minimum absolute atomic E-state index is 0.311. The Kier molecular flexibility index (Phi) is 8.05. The number of carboxylic acids is 1. The van der Waals surface area contributed by atoms with E-state index >= 15 is 0 Å². The lowest BCUT2D eigenvalue weighted by Gasteiger charge is -2.40. The van der Waals surface area contributed by atoms with Gasteiger partial charge in [-0.3, -0.25) is 0 Å². The number of aromatic hydroxyl groups is 4. The Morgan fingerprint density at radius 2 is 1.27 bits per heavy atom. The molecule has 12 nitrogen and oxygen atoms in total. The molecule has 0 aromatic heterocycles. The van der Waals surface area contributed by atoms with Gasteiger partial charge >= 0.3 is 17.9 Å². The molecular formula is C25H24O12. The number of aliphatic hydroxyl groups is 2. The molecule has 0 bridgehead atoms. The summed E-state index contributed by atoms with van der Waals surface area (Å²) >= 11 is 0. The summed E-state index contributed by atoms with van der Waals surface area (Å²) in [5.41, 5.74) is -1.82. The van der Waals surface area contributed by atoms with Gasteiger partial charge in [-0.25, -0.2) is 14.4 Å². The molecule has 3 rings (SSSR count). The van der Waals surface area contributed by atoms with Crippen molar-refractivity contribution < 1.29 is 59.6 Å². The molecule has 4 atom stereocenters. The van der Waals surface area contributed by atoms with Crippen LogP contribution in [0, 0.1) is 0 Å². The van der Waals surface area contributed by atoms with Crippen molar-refractivity contribution >= 4 is 30.1 Å². The fourth-order valence-electron chi connectivity index (χ4n) is 3.66. The van der Waals surface area contributed by atoms with Crippen LogP contribution in [0.25, 0.3) is 12.2 Å². The first-order valence-corrected chi connectivity index (χ1v) is 10.8. The van der Waals surface area contributed by atoms with Crippen LogP contribution in [-0.4, -0.2) is 77.6 Å². The van der Waals surface area contributed by atoms with Gasteiger partial charge in [-0.2, -0.15) is 0 Å². The lowest BCUT2D eigenvalue weighted by molar-refractivity contribution is -0.204. The molecule has 0 amide bonds. The fourth-order valence-corrected chi connectivity index (χ4v) is 3.66. The van der Waals surface area contributed by atoms with Crippen LogP contribution in [0.4, 0.5) is 0 Å². The first-order chi connectivity index (χ1) is 17.4. The first-order valence-electron chi connectivity index (χ1n) is 10.8. The number of ether oxygens (including phenoxy) is 2. The number of carbonyl (C=O) groups excluding carboxylic acids is 2. The highest BCUT2D eigenvalue weighted by atomic mass is 16.6. The Bertz CT molecular complexity index is 1250. The normalized spacial score (nSPS) is 23.7. The van der Waals surface area contributed by atoms with Crippen LogP contribution in [0.1, 0.15) is 24.0 Å². The van der Waals surface area contributed by atoms with Crippen LogP contribution in [0.2, 0.25) is 0 Å². The highest BCUT2D eigenvalue weighted by Gasteiger charge is 2.52. The van der Waals surface area contributed by atoms with Crippen molar-refractivity contribution in [3.05, 3.63) is 59.7 Å². The maximum atomic E-state index is 12.4. The van der Waals surface area contributed by atoms with Gasteiger partial charge in [0.05, 0.1) is 6.10 Å². The monoisotopic (exact) mass is 516 g/mol. The predicted molar refractivity (Wildman–Crippen MR) is 125 cm³/mol. The Hall–Kier alpha value is -4.55. The second-order valence-corrected chi connectivity index (χ2v) is 8.35. The lowest BCUT2D eigenvalue weighted by atomic mass is 9.79. The largest absolute Gasteiger partial charge is 0.504 e. The molecule has 12 heteroatoms. The number of aliphatic carboxylic acids is 1. The Balaban J connectivity index is 1.75. The molecule has 37 heavy (non-hydrogen) atoms. The summed E-state index contributed by atoms with van der Waals surface area (Å²) in [5.74, 6) is -5.29. The van der Waals surface area contributed by atoms with Gasteiger partial charge in [-0.15, -0.1) is 0 Å². The Labute approximate surface area is 209 Å². The summed E-state index contributed by atoms with van der Waals surface area (Å²) < 4.78 is 10.4. The van der Waals surface area contributed by atoms with E-state index in [0.29, 0.717) is 11.1 Å². The molecular weight excluding hydrogens is 492 g/mol. The number of carbonyl (C=O) groups is 3. The number of hydrogen-bond acceptors (Lipinski definition) is 11. The molecule has 0 radical (unpaired) electrons. The number of rotatable bonds is 7. The maximum absolute atomic E-state index is 12.4. The molecule has 1 saturated carbocycles. The van der Waals surface area contributed by atoms with Gasteiger partial charge in [-0.1, -0.05) is 12.1 Å². The molecule has 7 N–H and O–H groups in total. The zero-order chi connectivity index (χ0) is 27.3. The second kappa shape index (κ2) is 11.0. The summed E-state index contributed by atoms with van der Waals surface area (Å²) in [6.45, 7) is 0. The molecule has 0 saturated heterocycles. The van der Waals surface area contributed by atoms with Gasteiger partial charge in [0.25, 0.3) is 0 Å². The first kappa shape index (κ1) is 27.0. The van der Waals surface area contributed by atoms with Crippen LogP contribution < -0.4 is 0 Å². The molecule has 0 heterocycles. The average Bonchev–Trinajstić information content (AvgIpc) is 2.82. The Morgan fingerprint density at radius 3 is 1.73 bits per heavy atom. The average molecular weight is 516 g/mol. The molecule has 0 aliphatic heterocycles. The van der Waals surface area contributed by atoms with Gasteiger partial charge in [0.2, 0.25) is 0 Å². The van der Waals surface area contributed by atoms with Crippen molar-refractivity contribution in [3.8, 4) is 23.0 Å². The van der Waals surface area contributed by atoms with E-state index in [2.05, 4.69) is 0 Å². The summed E-state index contributed by atoms with van der Waals surface area (Å²) in [6.07, 6.45) is -1.86. The number of phenolic OH excluding ortho intramolecular Hbond substituents is 4. The molecule has 2 aromatic rings. The minimum Gasteiger partial charge on any atom is -0.504 e. The third-order valence-corrected chi connectivity index (χ3v) is 5.57. The van der Waals surface area contributed by atoms with Crippen molar-refractivity contribution in [1.82, 2.24) is 0 Å². The van der Waals surface area contributed by atoms with Gasteiger partial charge < -0.3 is 45.2 Å². The van der Waals surface area contributed by atoms with Crippen molar-refractivity contribution in [2.45, 2.75) is 36.8 Å². The molecule has 196 valence electrons. The summed E-state index contributed by atoms with van der Waals surface area (Å²) in [5, 5.41) is 68.0. The van der Waals surface area contributed by atoms with E-state index in [-0.39, 0.29) is 11.5 Å². The van der Waals surface area contributed by atoms with Crippen molar-refractivity contribution in [2.24, 2.45) is 0 Å². The van der Waals surface area contributed by atoms with E-state index in [1.54, 1.807) is 0 Å². The third-order valence-electron chi connectivity index (χ3n) is 5.57. The standard InChI is InChI=1S/C25H24O12/c26-15-5-1-13(9-17(15)28)3-7-21(31)36-20-12-25(35,24(33)34)11-19(30)23(20)37-22(32)8-4-14-2-6-16(27)18(29)10-14/h1-10,19-20,23,26-30,35H,11-12H2,(H,33,34)/b7-3+,8-4+/t19-,20-,23?,25+/m1/s1. The smallest absolute Gasteiger partial charge is 0.335 e. The summed E-state index contributed by atoms with van der Waals surface area (Å²) in [6, 6.07) is 7.50. The van der Waals surface area contributed by atoms with Crippen LogP contribution >= 0.6 is 0 Å². The number of carboxylic acid groups (broad SMARTS) is 1. The zero-order valence-electron chi connectivity index (χ0n) is 19.1. The molecule has 1 aliphatic rings. The number of phenols is 4. The molecule has 1 unspecified atom stereocenters. The molecule has 1 aliphatic carbocycles. The maximum Gasteiger partial charge on any atom is 0.335 e. The van der Waals surface area contributed by atoms with E-state index in [0.717, 1.165) is 18.2 Å². The Morgan fingerprint density at radius 1 is 0.784 bits per heavy atom. The quantitative estimate of drug-likeness (QED) is 0.156. The van der Waals surface area contributed by atoms with Crippen LogP contribution in [-0.2, 0) is 23.9 Å². The molecule has 1 fully saturated rings. The van der Waals surface area contributed by atoms with Crippen molar-refractivity contribution in [1.29, 1.82) is 0 Å². The zero-order valence-corrected chi connectivity index (χ0v) is 19.1. The van der Waals surface area contributed by atoms with E-state index < -0.39 is 66.2 Å². The number of aliphatic hydroxyl groups excluding tert-OH is 1. The van der Waals surface area contributed by atoms with Gasteiger partial charge in [0.15, 0.2) is 34.7 Å². The SMILES string of the molecule is O=C(/C=C/c1ccc(O)c(O)c1)OC1[C@H](O)C[C@@](O)(C(=O)O)C[C@H]1OC(=O)/C=C/c1ccc(O)c(O)c1. The fraction of sp³-hybridized carbons (Fsp3) is 0.240. The highest BCUT2D eigenvalue weighted by Crippen LogP contribution is 2.33. The number of esters is 2. The van der Waals surface area contributed by atoms with Crippen LogP contribution in [0.15, 0.2) is 48.6 Å². The summed E-state index contributed by atoms with van der Waals surface area (Å²) in [7, 11) is 0. The van der Waals surface area contributed by atoms with E-state index in [1.807, 2.05) is 0 Å². The summed E-state index contributed by atoms with van der Waals surface area (Å²) in [4.78, 5) is 36.3. The predicted octanol–water partition coefficient (Wildman–Crippen LogP) is 1.03. The van der Waals surface area contributed by atoms with Crippen LogP contribution in [0.5, 0.6) is 23.0 Å². The second-order valence-electron chi connectivity index (χ2n) is 8.35. The minimum atomic E-state index is -2.46. The highest BCUT2D eigenvalue weighted by molar-refractivity contribution is 5.88. The third kappa shape index (κ3) is 6.78. The van der Waals surface area contributed by atoms with E-state index in [1.165, 1.54) is 42.5 Å². The van der Waals surface area contributed by atoms with Crippen molar-refractivity contribution in [2.75, 3.05) is 0 Å². The van der Waals surface area contributed by atoms with E-state index in [4.69, 9.17) is 9.47 Å². The number of hydrogen-bond donors (Lipinski definition) is 7. The van der Waals surface area contributed by atoms with E-state index in [9.17, 15) is 50.1 Å². The van der Waals surface area contributed by atoms with Crippen LogP contribution in [0.3, 0.4) is 0 Å². The number of benzene rings is 2. The van der Waals surface area contributed by atoms with Gasteiger partial charge in [-0.05, 0) is 47.5 Å². The molecule has 0 spiro atoms. The van der Waals surface area contributed by atoms with Crippen molar-refractivity contribution in [3.63, 3.8) is 0 Å². The lowest BCUT2D eigenvalue weighted by Crippen LogP contribution is -2.58. The topological polar surface area (TPSA) is 211 Å². The molecule has 2 aromatic carbocycles. The van der Waals surface area contributed by atoms with Gasteiger partial charge in [0.1, 0.15) is 6.10 Å².